The molecule has 1 aromatic rings. The van der Waals surface area contributed by atoms with Crippen LogP contribution < -0.4 is 10.5 Å². The standard InChI is InChI=1S/C16H29N3O/c1-5-12-20-15-8-6-14(7-9-15)16(17)13-19(4)11-10-18(2)3/h6-9,16H,5,10-13,17H2,1-4H3. The van der Waals surface area contributed by atoms with Crippen molar-refractivity contribution >= 4 is 0 Å². The predicted octanol–water partition coefficient (Wildman–Crippen LogP) is 1.97. The van der Waals surface area contributed by atoms with E-state index in [0.717, 1.165) is 44.0 Å². The fourth-order valence-corrected chi connectivity index (χ4v) is 1.93. The predicted molar refractivity (Wildman–Crippen MR) is 85.2 cm³/mol. The Morgan fingerprint density at radius 2 is 1.75 bits per heavy atom. The normalized spacial score (nSPS) is 12.9. The van der Waals surface area contributed by atoms with Gasteiger partial charge < -0.3 is 20.3 Å². The molecule has 1 rings (SSSR count). The Balaban J connectivity index is 2.44. The summed E-state index contributed by atoms with van der Waals surface area (Å²) in [6.07, 6.45) is 1.03. The zero-order valence-corrected chi connectivity index (χ0v) is 13.3. The van der Waals surface area contributed by atoms with Crippen LogP contribution in [0.2, 0.25) is 0 Å². The molecule has 0 aromatic heterocycles. The van der Waals surface area contributed by atoms with Crippen LogP contribution in [-0.2, 0) is 0 Å². The van der Waals surface area contributed by atoms with Crippen LogP contribution in [0.15, 0.2) is 24.3 Å². The molecule has 1 unspecified atom stereocenters. The van der Waals surface area contributed by atoms with E-state index in [4.69, 9.17) is 10.5 Å². The van der Waals surface area contributed by atoms with Crippen molar-refractivity contribution < 1.29 is 4.74 Å². The zero-order chi connectivity index (χ0) is 15.0. The third kappa shape index (κ3) is 6.37. The van der Waals surface area contributed by atoms with Gasteiger partial charge in [-0.15, -0.1) is 0 Å². The Hall–Kier alpha value is -1.10. The highest BCUT2D eigenvalue weighted by molar-refractivity contribution is 5.29. The molecule has 0 aliphatic carbocycles. The molecule has 0 aliphatic rings. The van der Waals surface area contributed by atoms with E-state index < -0.39 is 0 Å². The Bertz CT molecular complexity index is 364. The molecule has 2 N–H and O–H groups in total. The highest BCUT2D eigenvalue weighted by atomic mass is 16.5. The number of hydrogen-bond acceptors (Lipinski definition) is 4. The van der Waals surface area contributed by atoms with E-state index in [2.05, 4.69) is 50.0 Å². The van der Waals surface area contributed by atoms with Crippen molar-refractivity contribution in [2.45, 2.75) is 19.4 Å². The molecule has 4 heteroatoms. The second-order valence-corrected chi connectivity index (χ2v) is 5.59. The maximum absolute atomic E-state index is 6.26. The molecule has 1 atom stereocenters. The monoisotopic (exact) mass is 279 g/mol. The Morgan fingerprint density at radius 1 is 1.10 bits per heavy atom. The summed E-state index contributed by atoms with van der Waals surface area (Å²) in [4.78, 5) is 4.45. The van der Waals surface area contributed by atoms with Crippen molar-refractivity contribution in [1.29, 1.82) is 0 Å². The van der Waals surface area contributed by atoms with Gasteiger partial charge in [-0.1, -0.05) is 19.1 Å². The molecule has 0 spiro atoms. The highest BCUT2D eigenvalue weighted by Gasteiger charge is 2.09. The third-order valence-electron chi connectivity index (χ3n) is 3.22. The van der Waals surface area contributed by atoms with Crippen LogP contribution in [0.4, 0.5) is 0 Å². The maximum atomic E-state index is 6.26. The van der Waals surface area contributed by atoms with Crippen molar-refractivity contribution in [3.8, 4) is 5.75 Å². The van der Waals surface area contributed by atoms with Crippen molar-refractivity contribution in [2.75, 3.05) is 47.4 Å². The summed E-state index contributed by atoms with van der Waals surface area (Å²) in [5.74, 6) is 0.920. The van der Waals surface area contributed by atoms with Crippen LogP contribution in [-0.4, -0.2) is 57.2 Å². The number of ether oxygens (including phenoxy) is 1. The van der Waals surface area contributed by atoms with E-state index in [1.165, 1.54) is 0 Å². The number of benzene rings is 1. The SMILES string of the molecule is CCCOc1ccc(C(N)CN(C)CCN(C)C)cc1. The summed E-state index contributed by atoms with van der Waals surface area (Å²) in [5.41, 5.74) is 7.41. The van der Waals surface area contributed by atoms with Gasteiger partial charge in [0.05, 0.1) is 6.61 Å². The highest BCUT2D eigenvalue weighted by Crippen LogP contribution is 2.17. The minimum atomic E-state index is 0.0439. The summed E-state index contributed by atoms with van der Waals surface area (Å²) in [6, 6.07) is 8.18. The van der Waals surface area contributed by atoms with Crippen LogP contribution >= 0.6 is 0 Å². The van der Waals surface area contributed by atoms with Crippen LogP contribution in [0.3, 0.4) is 0 Å². The lowest BCUT2D eigenvalue weighted by molar-refractivity contribution is 0.269. The first-order chi connectivity index (χ1) is 9.52. The second-order valence-electron chi connectivity index (χ2n) is 5.59. The van der Waals surface area contributed by atoms with Crippen molar-refractivity contribution in [3.05, 3.63) is 29.8 Å². The van der Waals surface area contributed by atoms with Crippen LogP contribution in [0, 0.1) is 0 Å². The summed E-state index contributed by atoms with van der Waals surface area (Å²) < 4.78 is 5.58. The number of nitrogens with two attached hydrogens (primary N) is 1. The van der Waals surface area contributed by atoms with Gasteiger partial charge in [0.25, 0.3) is 0 Å². The molecule has 0 fully saturated rings. The lowest BCUT2D eigenvalue weighted by Crippen LogP contribution is -2.34. The molecule has 0 heterocycles. The summed E-state index contributed by atoms with van der Waals surface area (Å²) in [7, 11) is 6.29. The van der Waals surface area contributed by atoms with E-state index in [9.17, 15) is 0 Å². The van der Waals surface area contributed by atoms with Crippen LogP contribution in [0.25, 0.3) is 0 Å². The molecule has 0 amide bonds. The molecule has 0 saturated heterocycles. The van der Waals surface area contributed by atoms with E-state index >= 15 is 0 Å². The molecular formula is C16H29N3O. The van der Waals surface area contributed by atoms with E-state index in [1.807, 2.05) is 12.1 Å². The maximum Gasteiger partial charge on any atom is 0.119 e. The Morgan fingerprint density at radius 3 is 2.30 bits per heavy atom. The molecular weight excluding hydrogens is 250 g/mol. The van der Waals surface area contributed by atoms with Gasteiger partial charge in [0.2, 0.25) is 0 Å². The van der Waals surface area contributed by atoms with Crippen molar-refractivity contribution in [3.63, 3.8) is 0 Å². The summed E-state index contributed by atoms with van der Waals surface area (Å²) in [6.45, 7) is 5.81. The van der Waals surface area contributed by atoms with E-state index in [0.29, 0.717) is 0 Å². The average molecular weight is 279 g/mol. The van der Waals surface area contributed by atoms with Crippen molar-refractivity contribution in [1.82, 2.24) is 9.80 Å². The van der Waals surface area contributed by atoms with Gasteiger partial charge in [0.15, 0.2) is 0 Å². The van der Waals surface area contributed by atoms with Gasteiger partial charge in [-0.3, -0.25) is 0 Å². The van der Waals surface area contributed by atoms with Gasteiger partial charge >= 0.3 is 0 Å². The fourth-order valence-electron chi connectivity index (χ4n) is 1.93. The minimum Gasteiger partial charge on any atom is -0.494 e. The zero-order valence-electron chi connectivity index (χ0n) is 13.3. The number of rotatable bonds is 9. The molecule has 0 bridgehead atoms. The van der Waals surface area contributed by atoms with Crippen molar-refractivity contribution in [2.24, 2.45) is 5.73 Å². The molecule has 0 aliphatic heterocycles. The second kappa shape index (κ2) is 8.95. The molecule has 0 radical (unpaired) electrons. The van der Waals surface area contributed by atoms with Gasteiger partial charge in [0.1, 0.15) is 5.75 Å². The number of hydrogen-bond donors (Lipinski definition) is 1. The smallest absolute Gasteiger partial charge is 0.119 e. The van der Waals surface area contributed by atoms with Gasteiger partial charge in [0, 0.05) is 25.7 Å². The van der Waals surface area contributed by atoms with Crippen LogP contribution in [0.5, 0.6) is 5.75 Å². The first-order valence-corrected chi connectivity index (χ1v) is 7.34. The minimum absolute atomic E-state index is 0.0439. The average Bonchev–Trinajstić information content (AvgIpc) is 2.43. The topological polar surface area (TPSA) is 41.7 Å². The first kappa shape index (κ1) is 17.0. The third-order valence-corrected chi connectivity index (χ3v) is 3.22. The summed E-state index contributed by atoms with van der Waals surface area (Å²) >= 11 is 0. The number of likely N-dealkylation sites (N-methyl/N-ethyl adjacent to an activating group) is 2. The molecule has 0 saturated carbocycles. The first-order valence-electron chi connectivity index (χ1n) is 7.34. The Labute approximate surface area is 123 Å². The molecule has 4 nitrogen and oxygen atoms in total. The van der Waals surface area contributed by atoms with E-state index in [1.54, 1.807) is 0 Å². The largest absolute Gasteiger partial charge is 0.494 e. The van der Waals surface area contributed by atoms with Gasteiger partial charge in [-0.05, 0) is 45.3 Å². The molecule has 20 heavy (non-hydrogen) atoms. The summed E-state index contributed by atoms with van der Waals surface area (Å²) in [5, 5.41) is 0. The lowest BCUT2D eigenvalue weighted by Gasteiger charge is -2.23. The van der Waals surface area contributed by atoms with Gasteiger partial charge in [-0.2, -0.15) is 0 Å². The quantitative estimate of drug-likeness (QED) is 0.750. The van der Waals surface area contributed by atoms with Gasteiger partial charge in [-0.25, -0.2) is 0 Å². The molecule has 114 valence electrons. The fraction of sp³-hybridized carbons (Fsp3) is 0.625. The van der Waals surface area contributed by atoms with E-state index in [-0.39, 0.29) is 6.04 Å². The number of nitrogens with zero attached hydrogens (tertiary/aromatic N) is 2. The molecule has 1 aromatic carbocycles. The Kier molecular flexibility index (Phi) is 7.59. The van der Waals surface area contributed by atoms with Crippen LogP contribution in [0.1, 0.15) is 24.9 Å². The lowest BCUT2D eigenvalue weighted by atomic mass is 10.1.